The molecule has 0 fully saturated rings. The van der Waals surface area contributed by atoms with Gasteiger partial charge < -0.3 is 5.11 Å². The average molecular weight is 309 g/mol. The average Bonchev–Trinajstić information content (AvgIpc) is 2.58. The quantitative estimate of drug-likeness (QED) is 0.782. The molecule has 110 valence electrons. The van der Waals surface area contributed by atoms with E-state index in [2.05, 4.69) is 0 Å². The number of halogens is 1. The zero-order valence-electron chi connectivity index (χ0n) is 11.4. The molecule has 0 aliphatic rings. The summed E-state index contributed by atoms with van der Waals surface area (Å²) in [6.45, 7) is 6.14. The molecule has 7 heteroatoms. The van der Waals surface area contributed by atoms with Gasteiger partial charge in [-0.05, 0) is 37.8 Å². The van der Waals surface area contributed by atoms with Gasteiger partial charge in [0.05, 0.1) is 11.4 Å². The van der Waals surface area contributed by atoms with Crippen molar-refractivity contribution in [2.75, 3.05) is 18.8 Å². The van der Waals surface area contributed by atoms with Crippen LogP contribution >= 0.6 is 11.3 Å². The van der Waals surface area contributed by atoms with E-state index in [9.17, 15) is 17.4 Å². The molecule has 0 aliphatic heterocycles. The van der Waals surface area contributed by atoms with Crippen molar-refractivity contribution in [1.82, 2.24) is 4.90 Å². The molecular weight excluding hydrogens is 289 g/mol. The van der Waals surface area contributed by atoms with Crippen molar-refractivity contribution in [1.29, 1.82) is 0 Å². The van der Waals surface area contributed by atoms with Gasteiger partial charge in [-0.3, -0.25) is 4.90 Å². The molecule has 0 bridgehead atoms. The van der Waals surface area contributed by atoms with Crippen LogP contribution in [0.5, 0.6) is 0 Å². The fourth-order valence-corrected chi connectivity index (χ4v) is 3.19. The van der Waals surface area contributed by atoms with Gasteiger partial charge in [0.2, 0.25) is 0 Å². The lowest BCUT2D eigenvalue weighted by atomic mass is 10.1. The summed E-state index contributed by atoms with van der Waals surface area (Å²) in [5.41, 5.74) is 0.166. The molecule has 1 N–H and O–H groups in total. The first-order chi connectivity index (χ1) is 8.57. The van der Waals surface area contributed by atoms with E-state index in [1.165, 1.54) is 0 Å². The van der Waals surface area contributed by atoms with Crippen LogP contribution in [0.15, 0.2) is 11.4 Å². The number of thiophene rings is 1. The van der Waals surface area contributed by atoms with Crippen molar-refractivity contribution in [2.24, 2.45) is 0 Å². The molecule has 1 aromatic rings. The van der Waals surface area contributed by atoms with E-state index >= 15 is 0 Å². The Morgan fingerprint density at radius 3 is 2.53 bits per heavy atom. The summed E-state index contributed by atoms with van der Waals surface area (Å²) < 4.78 is 33.9. The normalized spacial score (nSPS) is 13.2. The number of aryl methyl sites for hydroxylation is 1. The summed E-state index contributed by atoms with van der Waals surface area (Å²) in [6, 6.07) is 1.98. The summed E-state index contributed by atoms with van der Waals surface area (Å²) in [4.78, 5) is 2.86. The lowest BCUT2D eigenvalue weighted by molar-refractivity contribution is 0.0357. The second kappa shape index (κ2) is 6.30. The summed E-state index contributed by atoms with van der Waals surface area (Å²) in [5.74, 6) is -0.548. The molecule has 0 unspecified atom stereocenters. The molecule has 0 radical (unpaired) electrons. The highest BCUT2D eigenvalue weighted by Gasteiger charge is 2.21. The van der Waals surface area contributed by atoms with Gasteiger partial charge in [-0.1, -0.05) is 0 Å². The Labute approximate surface area is 118 Å². The van der Waals surface area contributed by atoms with Crippen LogP contribution in [0.25, 0.3) is 0 Å². The van der Waals surface area contributed by atoms with Gasteiger partial charge in [-0.15, -0.1) is 15.2 Å². The molecule has 0 atom stereocenters. The van der Waals surface area contributed by atoms with Gasteiger partial charge in [0.25, 0.3) is 0 Å². The Hall–Kier alpha value is -0.500. The van der Waals surface area contributed by atoms with Crippen LogP contribution in [0.1, 0.15) is 24.3 Å². The maximum Gasteiger partial charge on any atom is 0.303 e. The molecular formula is C12H20FNO3S2. The highest BCUT2D eigenvalue weighted by molar-refractivity contribution is 7.86. The van der Waals surface area contributed by atoms with Crippen LogP contribution in [-0.4, -0.2) is 42.9 Å². The first-order valence-electron chi connectivity index (χ1n) is 5.97. The Morgan fingerprint density at radius 2 is 2.11 bits per heavy atom. The molecule has 0 saturated heterocycles. The smallest absolute Gasteiger partial charge is 0.303 e. The van der Waals surface area contributed by atoms with Gasteiger partial charge in [0.15, 0.2) is 0 Å². The topological polar surface area (TPSA) is 57.6 Å². The zero-order valence-corrected chi connectivity index (χ0v) is 13.0. The molecule has 1 rings (SSSR count). The minimum Gasteiger partial charge on any atom is -0.389 e. The van der Waals surface area contributed by atoms with E-state index in [4.69, 9.17) is 0 Å². The van der Waals surface area contributed by atoms with Crippen molar-refractivity contribution in [3.05, 3.63) is 21.9 Å². The molecule has 1 heterocycles. The van der Waals surface area contributed by atoms with E-state index in [0.717, 1.165) is 10.4 Å². The van der Waals surface area contributed by atoms with Gasteiger partial charge in [0.1, 0.15) is 0 Å². The van der Waals surface area contributed by atoms with Crippen LogP contribution in [0.4, 0.5) is 3.89 Å². The van der Waals surface area contributed by atoms with Gasteiger partial charge in [0, 0.05) is 24.5 Å². The van der Waals surface area contributed by atoms with Gasteiger partial charge >= 0.3 is 10.2 Å². The van der Waals surface area contributed by atoms with Crippen LogP contribution < -0.4 is 0 Å². The molecule has 0 aliphatic carbocycles. The first-order valence-corrected chi connectivity index (χ1v) is 8.40. The molecule has 0 aromatic carbocycles. The largest absolute Gasteiger partial charge is 0.389 e. The van der Waals surface area contributed by atoms with Crippen molar-refractivity contribution in [3.8, 4) is 0 Å². The van der Waals surface area contributed by atoms with E-state index < -0.39 is 21.6 Å². The van der Waals surface area contributed by atoms with Crippen molar-refractivity contribution in [2.45, 2.75) is 32.9 Å². The summed E-state index contributed by atoms with van der Waals surface area (Å²) in [5, 5.41) is 11.8. The molecule has 0 amide bonds. The fourth-order valence-electron chi connectivity index (χ4n) is 1.77. The number of rotatable bonds is 7. The predicted octanol–water partition coefficient (Wildman–Crippen LogP) is 1.93. The van der Waals surface area contributed by atoms with Crippen molar-refractivity contribution in [3.63, 3.8) is 0 Å². The predicted molar refractivity (Wildman–Crippen MR) is 75.5 cm³/mol. The van der Waals surface area contributed by atoms with Gasteiger partial charge in [-0.25, -0.2) is 0 Å². The lowest BCUT2D eigenvalue weighted by Gasteiger charge is -2.28. The lowest BCUT2D eigenvalue weighted by Crippen LogP contribution is -2.40. The van der Waals surface area contributed by atoms with Crippen molar-refractivity contribution >= 4 is 21.6 Å². The zero-order chi connectivity index (χ0) is 14.7. The first kappa shape index (κ1) is 16.6. The minimum absolute atomic E-state index is 0.0696. The van der Waals surface area contributed by atoms with Crippen LogP contribution in [0.2, 0.25) is 0 Å². The van der Waals surface area contributed by atoms with Crippen LogP contribution in [0.3, 0.4) is 0 Å². The maximum atomic E-state index is 12.6. The molecule has 0 spiro atoms. The Morgan fingerprint density at radius 1 is 1.47 bits per heavy atom. The van der Waals surface area contributed by atoms with E-state index in [1.807, 2.05) is 18.4 Å². The Kier molecular flexibility index (Phi) is 5.49. The highest BCUT2D eigenvalue weighted by Crippen LogP contribution is 2.19. The Balaban J connectivity index is 2.72. The summed E-state index contributed by atoms with van der Waals surface area (Å²) >= 11 is 1.57. The minimum atomic E-state index is -4.48. The van der Waals surface area contributed by atoms with Gasteiger partial charge in [-0.2, -0.15) is 8.42 Å². The third-order valence-corrected chi connectivity index (χ3v) is 4.28. The number of hydrogen-bond donors (Lipinski definition) is 1. The molecule has 0 saturated carbocycles. The van der Waals surface area contributed by atoms with E-state index in [0.29, 0.717) is 13.1 Å². The van der Waals surface area contributed by atoms with E-state index in [-0.39, 0.29) is 6.54 Å². The van der Waals surface area contributed by atoms with Crippen molar-refractivity contribution < 1.29 is 17.4 Å². The molecule has 4 nitrogen and oxygen atoms in total. The molecule has 19 heavy (non-hydrogen) atoms. The number of aliphatic hydroxyl groups is 1. The third-order valence-electron chi connectivity index (χ3n) is 2.60. The highest BCUT2D eigenvalue weighted by atomic mass is 32.3. The summed E-state index contributed by atoms with van der Waals surface area (Å²) in [6.07, 6.45) is 0. The SMILES string of the molecule is Cc1ccsc1CN(CCS(=O)(=O)F)CC(C)(C)O. The number of nitrogens with zero attached hydrogens (tertiary/aromatic N) is 1. The van der Waals surface area contributed by atoms with Crippen LogP contribution in [0, 0.1) is 6.92 Å². The van der Waals surface area contributed by atoms with E-state index in [1.54, 1.807) is 30.1 Å². The van der Waals surface area contributed by atoms with Crippen LogP contribution in [-0.2, 0) is 16.8 Å². The number of hydrogen-bond acceptors (Lipinski definition) is 5. The second-order valence-electron chi connectivity index (χ2n) is 5.29. The maximum absolute atomic E-state index is 12.6. The third kappa shape index (κ3) is 7.00. The second-order valence-corrected chi connectivity index (χ2v) is 7.78. The standard InChI is InChI=1S/C12H20FNO3S2/c1-10-4-6-18-11(10)8-14(9-12(2,3)15)5-7-19(13,16)17/h4,6,15H,5,7-9H2,1-3H3. The monoisotopic (exact) mass is 309 g/mol. The summed E-state index contributed by atoms with van der Waals surface area (Å²) in [7, 11) is -4.48. The Bertz CT molecular complexity index is 505. The fraction of sp³-hybridized carbons (Fsp3) is 0.667. The molecule has 1 aromatic heterocycles.